The molecule has 0 radical (unpaired) electrons. The van der Waals surface area contributed by atoms with Gasteiger partial charge in [-0.25, -0.2) is 0 Å². The molecule has 0 aromatic carbocycles. The van der Waals surface area contributed by atoms with Gasteiger partial charge in [0.25, 0.3) is 0 Å². The van der Waals surface area contributed by atoms with Crippen LogP contribution in [0.3, 0.4) is 0 Å². The molecule has 3 heteroatoms. The van der Waals surface area contributed by atoms with Crippen molar-refractivity contribution < 1.29 is 9.53 Å². The van der Waals surface area contributed by atoms with Crippen molar-refractivity contribution in [1.82, 2.24) is 4.90 Å². The third-order valence-electron chi connectivity index (χ3n) is 5.19. The monoisotopic (exact) mass is 267 g/mol. The third kappa shape index (κ3) is 3.13. The van der Waals surface area contributed by atoms with Crippen LogP contribution in [0.4, 0.5) is 0 Å². The van der Waals surface area contributed by atoms with E-state index in [1.54, 1.807) is 0 Å². The van der Waals surface area contributed by atoms with E-state index < -0.39 is 0 Å². The maximum atomic E-state index is 11.9. The van der Waals surface area contributed by atoms with Crippen LogP contribution in [0.5, 0.6) is 0 Å². The molecule has 1 aliphatic carbocycles. The highest BCUT2D eigenvalue weighted by molar-refractivity contribution is 5.69. The first-order chi connectivity index (χ1) is 9.08. The summed E-state index contributed by atoms with van der Waals surface area (Å²) in [6, 6.07) is 0. The van der Waals surface area contributed by atoms with Crippen LogP contribution in [-0.2, 0) is 9.53 Å². The molecular weight excluding hydrogens is 238 g/mol. The minimum Gasteiger partial charge on any atom is -0.458 e. The van der Waals surface area contributed by atoms with Crippen molar-refractivity contribution in [2.75, 3.05) is 20.1 Å². The van der Waals surface area contributed by atoms with Crippen molar-refractivity contribution in [2.24, 2.45) is 11.8 Å². The second kappa shape index (κ2) is 6.25. The minimum absolute atomic E-state index is 0.0121. The van der Waals surface area contributed by atoms with Gasteiger partial charge in [-0.2, -0.15) is 0 Å². The van der Waals surface area contributed by atoms with Crippen LogP contribution in [0.2, 0.25) is 0 Å². The Kier molecular flexibility index (Phi) is 4.88. The Labute approximate surface area is 117 Å². The van der Waals surface area contributed by atoms with Gasteiger partial charge in [-0.15, -0.1) is 0 Å². The van der Waals surface area contributed by atoms with Crippen molar-refractivity contribution in [2.45, 2.75) is 64.4 Å². The lowest BCUT2D eigenvalue weighted by molar-refractivity contribution is -0.186. The number of nitrogens with zero attached hydrogens (tertiary/aromatic N) is 1. The van der Waals surface area contributed by atoms with Gasteiger partial charge >= 0.3 is 5.97 Å². The smallest absolute Gasteiger partial charge is 0.306 e. The lowest BCUT2D eigenvalue weighted by Crippen LogP contribution is -2.56. The van der Waals surface area contributed by atoms with E-state index in [4.69, 9.17) is 4.74 Å². The molecule has 0 aromatic rings. The molecule has 110 valence electrons. The van der Waals surface area contributed by atoms with E-state index in [1.165, 1.54) is 32.1 Å². The standard InChI is InChI=1S/C16H29NO2/c1-4-15(18)19-16(14-8-6-5-7-9-14)10-11-17(3)12-13(16)2/h13-14H,4-12H2,1-3H3. The van der Waals surface area contributed by atoms with Crippen LogP contribution in [0.25, 0.3) is 0 Å². The summed E-state index contributed by atoms with van der Waals surface area (Å²) < 4.78 is 6.06. The summed E-state index contributed by atoms with van der Waals surface area (Å²) >= 11 is 0. The zero-order valence-corrected chi connectivity index (χ0v) is 12.8. The van der Waals surface area contributed by atoms with Crippen LogP contribution in [0.1, 0.15) is 58.8 Å². The Bertz CT molecular complexity index is 312. The van der Waals surface area contributed by atoms with Gasteiger partial charge in [0.15, 0.2) is 0 Å². The fourth-order valence-corrected chi connectivity index (χ4v) is 4.04. The van der Waals surface area contributed by atoms with Gasteiger partial charge in [0, 0.05) is 31.8 Å². The average Bonchev–Trinajstić information content (AvgIpc) is 2.43. The summed E-state index contributed by atoms with van der Waals surface area (Å²) in [6.07, 6.45) is 7.95. The molecule has 0 spiro atoms. The van der Waals surface area contributed by atoms with Crippen LogP contribution in [0, 0.1) is 11.8 Å². The van der Waals surface area contributed by atoms with E-state index in [9.17, 15) is 4.79 Å². The summed E-state index contributed by atoms with van der Waals surface area (Å²) in [4.78, 5) is 14.3. The number of carbonyl (C=O) groups excluding carboxylic acids is 1. The SMILES string of the molecule is CCC(=O)OC1(C2CCCCC2)CCN(C)CC1C. The first-order valence-corrected chi connectivity index (χ1v) is 7.99. The van der Waals surface area contributed by atoms with Crippen LogP contribution >= 0.6 is 0 Å². The lowest BCUT2D eigenvalue weighted by Gasteiger charge is -2.50. The fraction of sp³-hybridized carbons (Fsp3) is 0.938. The maximum absolute atomic E-state index is 11.9. The normalized spacial score (nSPS) is 34.2. The number of hydrogen-bond donors (Lipinski definition) is 0. The summed E-state index contributed by atoms with van der Waals surface area (Å²) in [7, 11) is 2.17. The number of ether oxygens (including phenoxy) is 1. The highest BCUT2D eigenvalue weighted by Crippen LogP contribution is 2.44. The minimum atomic E-state index is -0.181. The molecule has 0 amide bonds. The zero-order valence-electron chi connectivity index (χ0n) is 12.8. The van der Waals surface area contributed by atoms with Crippen molar-refractivity contribution in [3.05, 3.63) is 0 Å². The van der Waals surface area contributed by atoms with Crippen molar-refractivity contribution in [1.29, 1.82) is 0 Å². The summed E-state index contributed by atoms with van der Waals surface area (Å²) in [5.41, 5.74) is -0.181. The molecule has 1 saturated carbocycles. The molecule has 0 N–H and O–H groups in total. The molecule has 2 unspecified atom stereocenters. The van der Waals surface area contributed by atoms with E-state index >= 15 is 0 Å². The maximum Gasteiger partial charge on any atom is 0.306 e. The largest absolute Gasteiger partial charge is 0.458 e. The van der Waals surface area contributed by atoms with E-state index in [1.807, 2.05) is 6.92 Å². The average molecular weight is 267 g/mol. The molecule has 3 nitrogen and oxygen atoms in total. The molecule has 2 atom stereocenters. The lowest BCUT2D eigenvalue weighted by atomic mass is 9.67. The van der Waals surface area contributed by atoms with E-state index in [2.05, 4.69) is 18.9 Å². The molecule has 1 saturated heterocycles. The first kappa shape index (κ1) is 14.8. The number of piperidine rings is 1. The Morgan fingerprint density at radius 2 is 2.00 bits per heavy atom. The summed E-state index contributed by atoms with van der Waals surface area (Å²) in [5.74, 6) is 1.02. The highest BCUT2D eigenvalue weighted by atomic mass is 16.6. The Balaban J connectivity index is 2.18. The Morgan fingerprint density at radius 1 is 1.32 bits per heavy atom. The van der Waals surface area contributed by atoms with E-state index in [0.29, 0.717) is 18.3 Å². The van der Waals surface area contributed by atoms with E-state index in [-0.39, 0.29) is 11.6 Å². The van der Waals surface area contributed by atoms with Gasteiger partial charge in [0.05, 0.1) is 0 Å². The predicted molar refractivity (Wildman–Crippen MR) is 77.0 cm³/mol. The van der Waals surface area contributed by atoms with Crippen LogP contribution in [-0.4, -0.2) is 36.6 Å². The molecular formula is C16H29NO2. The third-order valence-corrected chi connectivity index (χ3v) is 5.19. The molecule has 0 bridgehead atoms. The van der Waals surface area contributed by atoms with Crippen LogP contribution in [0.15, 0.2) is 0 Å². The Hall–Kier alpha value is -0.570. The van der Waals surface area contributed by atoms with Gasteiger partial charge in [-0.05, 0) is 25.8 Å². The van der Waals surface area contributed by atoms with Gasteiger partial charge in [0.1, 0.15) is 5.60 Å². The highest BCUT2D eigenvalue weighted by Gasteiger charge is 2.48. The van der Waals surface area contributed by atoms with Crippen molar-refractivity contribution in [3.8, 4) is 0 Å². The molecule has 19 heavy (non-hydrogen) atoms. The number of likely N-dealkylation sites (tertiary alicyclic amines) is 1. The van der Waals surface area contributed by atoms with Crippen LogP contribution < -0.4 is 0 Å². The molecule has 1 heterocycles. The number of esters is 1. The van der Waals surface area contributed by atoms with Crippen molar-refractivity contribution >= 4 is 5.97 Å². The van der Waals surface area contributed by atoms with Crippen molar-refractivity contribution in [3.63, 3.8) is 0 Å². The predicted octanol–water partition coefficient (Wildman–Crippen LogP) is 3.23. The Morgan fingerprint density at radius 3 is 2.58 bits per heavy atom. The fourth-order valence-electron chi connectivity index (χ4n) is 4.04. The van der Waals surface area contributed by atoms with Gasteiger partial charge in [-0.3, -0.25) is 4.79 Å². The van der Waals surface area contributed by atoms with Gasteiger partial charge in [-0.1, -0.05) is 33.1 Å². The topological polar surface area (TPSA) is 29.5 Å². The molecule has 1 aliphatic heterocycles. The summed E-state index contributed by atoms with van der Waals surface area (Å²) in [6.45, 7) is 6.27. The van der Waals surface area contributed by atoms with E-state index in [0.717, 1.165) is 19.5 Å². The summed E-state index contributed by atoms with van der Waals surface area (Å²) in [5, 5.41) is 0. The second-order valence-corrected chi connectivity index (χ2v) is 6.53. The number of hydrogen-bond acceptors (Lipinski definition) is 3. The molecule has 2 fully saturated rings. The van der Waals surface area contributed by atoms with Gasteiger partial charge in [0.2, 0.25) is 0 Å². The molecule has 0 aromatic heterocycles. The molecule has 2 aliphatic rings. The second-order valence-electron chi connectivity index (χ2n) is 6.53. The number of rotatable bonds is 3. The number of carbonyl (C=O) groups is 1. The zero-order chi connectivity index (χ0) is 13.9. The van der Waals surface area contributed by atoms with Gasteiger partial charge < -0.3 is 9.64 Å². The first-order valence-electron chi connectivity index (χ1n) is 7.99. The molecule has 2 rings (SSSR count). The quantitative estimate of drug-likeness (QED) is 0.735.